The minimum absolute atomic E-state index is 0.673. The fourth-order valence-corrected chi connectivity index (χ4v) is 2.80. The summed E-state index contributed by atoms with van der Waals surface area (Å²) in [5, 5.41) is 0. The van der Waals surface area contributed by atoms with Crippen LogP contribution in [0.2, 0.25) is 0 Å². The first-order valence-electron chi connectivity index (χ1n) is 5.79. The maximum Gasteiger partial charge on any atom is -0.000978 e. The van der Waals surface area contributed by atoms with Crippen LogP contribution in [0, 0.1) is 17.8 Å². The molecule has 0 saturated heterocycles. The summed E-state index contributed by atoms with van der Waals surface area (Å²) >= 11 is 0. The molecule has 0 fully saturated rings. The molecule has 1 atom stereocenters. The van der Waals surface area contributed by atoms with Gasteiger partial charge in [-0.3, -0.25) is 0 Å². The molecule has 0 aromatic carbocycles. The molecule has 0 aromatic rings. The summed E-state index contributed by atoms with van der Waals surface area (Å²) in [5.74, 6) is 2.04. The Hall–Kier alpha value is -0.520. The minimum atomic E-state index is 0.673. The van der Waals surface area contributed by atoms with Gasteiger partial charge in [0.2, 0.25) is 0 Å². The number of rotatable bonds is 2. The van der Waals surface area contributed by atoms with Crippen LogP contribution in [0.25, 0.3) is 0 Å². The third kappa shape index (κ3) is 1.67. The summed E-state index contributed by atoms with van der Waals surface area (Å²) in [4.78, 5) is 0. The summed E-state index contributed by atoms with van der Waals surface area (Å²) in [5.41, 5.74) is 6.44. The van der Waals surface area contributed by atoms with Crippen LogP contribution in [0.5, 0.6) is 0 Å². The van der Waals surface area contributed by atoms with E-state index in [1.165, 1.54) is 0 Å². The molecule has 0 heteroatoms. The van der Waals surface area contributed by atoms with Gasteiger partial charge in [0, 0.05) is 0 Å². The third-order valence-corrected chi connectivity index (χ3v) is 3.62. The molecule has 0 nitrogen and oxygen atoms in total. The minimum Gasteiger partial charge on any atom is -0.0632 e. The first kappa shape index (κ1) is 11.6. The molecule has 0 amide bonds. The zero-order valence-electron chi connectivity index (χ0n) is 10.7. The summed E-state index contributed by atoms with van der Waals surface area (Å²) in [6.45, 7) is 16.2. The van der Waals surface area contributed by atoms with Crippen LogP contribution in [-0.4, -0.2) is 0 Å². The normalized spacial score (nSPS) is 23.4. The molecule has 80 valence electrons. The first-order valence-corrected chi connectivity index (χ1v) is 5.79. The molecule has 0 spiro atoms. The molecule has 0 aliphatic heterocycles. The average Bonchev–Trinajstić information content (AvgIpc) is 2.29. The molecule has 0 radical (unpaired) electrons. The van der Waals surface area contributed by atoms with Gasteiger partial charge in [-0.1, -0.05) is 45.8 Å². The van der Waals surface area contributed by atoms with Gasteiger partial charge in [0.05, 0.1) is 0 Å². The van der Waals surface area contributed by atoms with E-state index < -0.39 is 0 Å². The maximum atomic E-state index is 2.35. The summed E-state index contributed by atoms with van der Waals surface area (Å²) in [6, 6.07) is 0. The van der Waals surface area contributed by atoms with Crippen LogP contribution >= 0.6 is 0 Å². The smallest absolute Gasteiger partial charge is 0.000978 e. The van der Waals surface area contributed by atoms with Gasteiger partial charge in [-0.05, 0) is 42.7 Å². The van der Waals surface area contributed by atoms with Crippen molar-refractivity contribution in [1.29, 1.82) is 0 Å². The molecule has 1 aliphatic rings. The highest BCUT2D eigenvalue weighted by molar-refractivity contribution is 5.49. The van der Waals surface area contributed by atoms with E-state index in [9.17, 15) is 0 Å². The second kappa shape index (κ2) is 3.92. The monoisotopic (exact) mass is 192 g/mol. The predicted molar refractivity (Wildman–Crippen MR) is 64.2 cm³/mol. The zero-order chi connectivity index (χ0) is 11.0. The molecule has 0 saturated carbocycles. The Morgan fingerprint density at radius 2 is 1.43 bits per heavy atom. The molecule has 0 heterocycles. The molecule has 0 N–H and O–H groups in total. The lowest BCUT2D eigenvalue weighted by molar-refractivity contribution is 0.631. The van der Waals surface area contributed by atoms with Crippen LogP contribution in [0.3, 0.4) is 0 Å². The van der Waals surface area contributed by atoms with Crippen LogP contribution in [0.1, 0.15) is 48.5 Å². The number of allylic oxidation sites excluding steroid dienone is 4. The van der Waals surface area contributed by atoms with Gasteiger partial charge in [-0.15, -0.1) is 0 Å². The van der Waals surface area contributed by atoms with Crippen molar-refractivity contribution in [2.24, 2.45) is 17.8 Å². The van der Waals surface area contributed by atoms with Crippen molar-refractivity contribution in [3.63, 3.8) is 0 Å². The second-order valence-electron chi connectivity index (χ2n) is 5.21. The molecule has 14 heavy (non-hydrogen) atoms. The zero-order valence-corrected chi connectivity index (χ0v) is 10.7. The first-order chi connectivity index (χ1) is 6.37. The Balaban J connectivity index is 3.23. The summed E-state index contributed by atoms with van der Waals surface area (Å²) in [7, 11) is 0. The summed E-state index contributed by atoms with van der Waals surface area (Å²) in [6.07, 6.45) is 0. The highest BCUT2D eigenvalue weighted by Crippen LogP contribution is 2.43. The van der Waals surface area contributed by atoms with E-state index in [4.69, 9.17) is 0 Å². The van der Waals surface area contributed by atoms with Gasteiger partial charge in [0.25, 0.3) is 0 Å². The standard InChI is InChI=1S/C14H24/c1-8(2)13-11(6)10(5)12(7)14(13)9(3)4/h8-9,11H,1-7H3. The van der Waals surface area contributed by atoms with Crippen molar-refractivity contribution in [3.05, 3.63) is 22.3 Å². The number of hydrogen-bond donors (Lipinski definition) is 0. The SMILES string of the molecule is CC1=C(C)C(C)C(C(C)C)=C1C(C)C. The van der Waals surface area contributed by atoms with Gasteiger partial charge in [-0.25, -0.2) is 0 Å². The van der Waals surface area contributed by atoms with E-state index in [-0.39, 0.29) is 0 Å². The Morgan fingerprint density at radius 3 is 1.71 bits per heavy atom. The van der Waals surface area contributed by atoms with E-state index in [1.807, 2.05) is 0 Å². The Morgan fingerprint density at radius 1 is 0.929 bits per heavy atom. The quantitative estimate of drug-likeness (QED) is 0.600. The van der Waals surface area contributed by atoms with E-state index in [2.05, 4.69) is 48.5 Å². The topological polar surface area (TPSA) is 0 Å². The van der Waals surface area contributed by atoms with Crippen LogP contribution in [0.4, 0.5) is 0 Å². The average molecular weight is 192 g/mol. The van der Waals surface area contributed by atoms with Crippen molar-refractivity contribution >= 4 is 0 Å². The molecular weight excluding hydrogens is 168 g/mol. The molecule has 1 aliphatic carbocycles. The van der Waals surface area contributed by atoms with E-state index >= 15 is 0 Å². The molecule has 1 unspecified atom stereocenters. The Labute approximate surface area is 89.1 Å². The predicted octanol–water partition coefficient (Wildman–Crippen LogP) is 4.58. The van der Waals surface area contributed by atoms with Crippen molar-refractivity contribution in [2.45, 2.75) is 48.5 Å². The van der Waals surface area contributed by atoms with Gasteiger partial charge < -0.3 is 0 Å². The highest BCUT2D eigenvalue weighted by Gasteiger charge is 2.28. The molecule has 0 aromatic heterocycles. The van der Waals surface area contributed by atoms with Gasteiger partial charge >= 0.3 is 0 Å². The molecular formula is C14H24. The number of hydrogen-bond acceptors (Lipinski definition) is 0. The largest absolute Gasteiger partial charge is 0.0632 e. The van der Waals surface area contributed by atoms with Gasteiger partial charge in [0.15, 0.2) is 0 Å². The van der Waals surface area contributed by atoms with Gasteiger partial charge in [-0.2, -0.15) is 0 Å². The molecule has 1 rings (SSSR count). The van der Waals surface area contributed by atoms with E-state index in [0.717, 1.165) is 0 Å². The fraction of sp³-hybridized carbons (Fsp3) is 0.714. The lowest BCUT2D eigenvalue weighted by Crippen LogP contribution is -2.06. The van der Waals surface area contributed by atoms with Crippen LogP contribution < -0.4 is 0 Å². The summed E-state index contributed by atoms with van der Waals surface area (Å²) < 4.78 is 0. The van der Waals surface area contributed by atoms with E-state index in [0.29, 0.717) is 17.8 Å². The Kier molecular flexibility index (Phi) is 3.24. The van der Waals surface area contributed by atoms with E-state index in [1.54, 1.807) is 22.3 Å². The maximum absolute atomic E-state index is 2.35. The van der Waals surface area contributed by atoms with Crippen molar-refractivity contribution in [2.75, 3.05) is 0 Å². The Bertz CT molecular complexity index is 287. The third-order valence-electron chi connectivity index (χ3n) is 3.62. The lowest BCUT2D eigenvalue weighted by Gasteiger charge is -2.19. The van der Waals surface area contributed by atoms with Gasteiger partial charge in [0.1, 0.15) is 0 Å². The van der Waals surface area contributed by atoms with Crippen molar-refractivity contribution < 1.29 is 0 Å². The second-order valence-corrected chi connectivity index (χ2v) is 5.21. The molecule has 0 bridgehead atoms. The highest BCUT2D eigenvalue weighted by atomic mass is 14.3. The van der Waals surface area contributed by atoms with Crippen LogP contribution in [-0.2, 0) is 0 Å². The van der Waals surface area contributed by atoms with Crippen molar-refractivity contribution in [1.82, 2.24) is 0 Å². The van der Waals surface area contributed by atoms with Crippen LogP contribution in [0.15, 0.2) is 22.3 Å². The fourth-order valence-electron chi connectivity index (χ4n) is 2.80. The van der Waals surface area contributed by atoms with Crippen molar-refractivity contribution in [3.8, 4) is 0 Å². The lowest BCUT2D eigenvalue weighted by atomic mass is 9.86.